The maximum Gasteiger partial charge on any atom is 0.227 e. The van der Waals surface area contributed by atoms with E-state index in [4.69, 9.17) is 5.73 Å². The van der Waals surface area contributed by atoms with E-state index < -0.39 is 0 Å². The minimum atomic E-state index is -0.305. The zero-order valence-corrected chi connectivity index (χ0v) is 13.7. The van der Waals surface area contributed by atoms with Crippen molar-refractivity contribution in [1.82, 2.24) is 5.32 Å². The molecule has 124 valence electrons. The van der Waals surface area contributed by atoms with Gasteiger partial charge in [-0.25, -0.2) is 0 Å². The van der Waals surface area contributed by atoms with Gasteiger partial charge in [0.05, 0.1) is 5.54 Å². The topological polar surface area (TPSA) is 75.4 Å². The minimum Gasteiger partial charge on any atom is -0.349 e. The van der Waals surface area contributed by atoms with E-state index in [-0.39, 0.29) is 17.4 Å². The van der Waals surface area contributed by atoms with Crippen molar-refractivity contribution in [1.29, 1.82) is 0 Å². The first kappa shape index (κ1) is 16.0. The lowest BCUT2D eigenvalue weighted by Gasteiger charge is -2.31. The lowest BCUT2D eigenvalue weighted by Crippen LogP contribution is -2.53. The van der Waals surface area contributed by atoms with Crippen LogP contribution in [0, 0.1) is 5.92 Å². The maximum atomic E-state index is 12.3. The van der Waals surface area contributed by atoms with Gasteiger partial charge >= 0.3 is 0 Å². The molecule has 1 saturated carbocycles. The van der Waals surface area contributed by atoms with Gasteiger partial charge in [0.15, 0.2) is 0 Å². The number of para-hydroxylation sites is 1. The molecule has 3 N–H and O–H groups in total. The summed E-state index contributed by atoms with van der Waals surface area (Å²) in [6, 6.07) is 7.93. The van der Waals surface area contributed by atoms with Crippen LogP contribution in [0.25, 0.3) is 0 Å². The van der Waals surface area contributed by atoms with Crippen molar-refractivity contribution < 1.29 is 9.59 Å². The predicted octanol–water partition coefficient (Wildman–Crippen LogP) is 1.60. The van der Waals surface area contributed by atoms with Crippen LogP contribution in [-0.4, -0.2) is 30.4 Å². The molecule has 3 rings (SSSR count). The molecule has 1 aromatic carbocycles. The number of hydrogen-bond donors (Lipinski definition) is 2. The average Bonchev–Trinajstić information content (AvgIpc) is 3.39. The lowest BCUT2D eigenvalue weighted by atomic mass is 9.95. The molecule has 2 amide bonds. The summed E-state index contributed by atoms with van der Waals surface area (Å²) in [6.07, 6.45) is 3.87. The fourth-order valence-electron chi connectivity index (χ4n) is 3.38. The second-order valence-electron chi connectivity index (χ2n) is 6.87. The van der Waals surface area contributed by atoms with Crippen molar-refractivity contribution in [3.63, 3.8) is 0 Å². The van der Waals surface area contributed by atoms with Gasteiger partial charge in [-0.05, 0) is 43.7 Å². The maximum absolute atomic E-state index is 12.3. The lowest BCUT2D eigenvalue weighted by molar-refractivity contribution is -0.123. The highest BCUT2D eigenvalue weighted by molar-refractivity contribution is 5.97. The highest BCUT2D eigenvalue weighted by Crippen LogP contribution is 2.39. The van der Waals surface area contributed by atoms with Crippen LogP contribution >= 0.6 is 0 Å². The van der Waals surface area contributed by atoms with Crippen molar-refractivity contribution >= 4 is 17.5 Å². The van der Waals surface area contributed by atoms with Crippen LogP contribution in [0.4, 0.5) is 5.69 Å². The minimum absolute atomic E-state index is 0.0271. The Morgan fingerprint density at radius 3 is 2.78 bits per heavy atom. The number of nitrogens with one attached hydrogen (secondary N) is 1. The Balaban J connectivity index is 1.61. The fourth-order valence-corrected chi connectivity index (χ4v) is 3.38. The summed E-state index contributed by atoms with van der Waals surface area (Å²) in [5, 5.41) is 3.08. The van der Waals surface area contributed by atoms with E-state index in [1.807, 2.05) is 31.2 Å². The van der Waals surface area contributed by atoms with E-state index in [0.29, 0.717) is 31.8 Å². The first-order valence-electron chi connectivity index (χ1n) is 8.43. The van der Waals surface area contributed by atoms with Crippen molar-refractivity contribution in [2.24, 2.45) is 11.7 Å². The van der Waals surface area contributed by atoms with Crippen LogP contribution in [-0.2, 0) is 16.0 Å². The van der Waals surface area contributed by atoms with E-state index in [1.54, 1.807) is 4.90 Å². The number of amides is 2. The summed E-state index contributed by atoms with van der Waals surface area (Å²) in [5.74, 6) is 0.565. The largest absolute Gasteiger partial charge is 0.349 e. The quantitative estimate of drug-likeness (QED) is 0.837. The van der Waals surface area contributed by atoms with Crippen LogP contribution < -0.4 is 16.0 Å². The number of anilines is 1. The fraction of sp³-hybridized carbons (Fsp3) is 0.556. The number of rotatable bonds is 6. The van der Waals surface area contributed by atoms with Crippen LogP contribution in [0.3, 0.4) is 0 Å². The van der Waals surface area contributed by atoms with E-state index in [1.165, 1.54) is 5.56 Å². The predicted molar refractivity (Wildman–Crippen MR) is 90.1 cm³/mol. The van der Waals surface area contributed by atoms with Crippen molar-refractivity contribution in [2.45, 2.75) is 44.6 Å². The normalized spacial score (nSPS) is 19.9. The smallest absolute Gasteiger partial charge is 0.227 e. The third-order valence-electron chi connectivity index (χ3n) is 5.08. The first-order valence-corrected chi connectivity index (χ1v) is 8.43. The third kappa shape index (κ3) is 3.39. The molecule has 23 heavy (non-hydrogen) atoms. The van der Waals surface area contributed by atoms with Crippen LogP contribution in [0.15, 0.2) is 24.3 Å². The number of hydrogen-bond acceptors (Lipinski definition) is 3. The van der Waals surface area contributed by atoms with Gasteiger partial charge < -0.3 is 16.0 Å². The van der Waals surface area contributed by atoms with Gasteiger partial charge in [-0.2, -0.15) is 0 Å². The second-order valence-corrected chi connectivity index (χ2v) is 6.87. The Labute approximate surface area is 137 Å². The third-order valence-corrected chi connectivity index (χ3v) is 5.08. The molecule has 1 atom stereocenters. The number of aryl methyl sites for hydroxylation is 1. The zero-order valence-electron chi connectivity index (χ0n) is 13.7. The zero-order chi connectivity index (χ0) is 16.4. The van der Waals surface area contributed by atoms with Crippen LogP contribution in [0.5, 0.6) is 0 Å². The van der Waals surface area contributed by atoms with Gasteiger partial charge in [-0.3, -0.25) is 9.59 Å². The van der Waals surface area contributed by atoms with Gasteiger partial charge in [0, 0.05) is 31.6 Å². The number of nitrogens with zero attached hydrogens (tertiary/aromatic N) is 1. The first-order chi connectivity index (χ1) is 11.0. The highest BCUT2D eigenvalue weighted by atomic mass is 16.2. The van der Waals surface area contributed by atoms with Gasteiger partial charge in [-0.1, -0.05) is 18.2 Å². The molecular formula is C18H25N3O2. The van der Waals surface area contributed by atoms with Crippen molar-refractivity contribution in [3.05, 3.63) is 29.8 Å². The molecule has 5 nitrogen and oxygen atoms in total. The molecule has 5 heteroatoms. The average molecular weight is 315 g/mol. The second kappa shape index (κ2) is 6.32. The summed E-state index contributed by atoms with van der Waals surface area (Å²) < 4.78 is 0. The number of nitrogens with two attached hydrogens (primary N) is 1. The van der Waals surface area contributed by atoms with Gasteiger partial charge in [0.1, 0.15) is 0 Å². The summed E-state index contributed by atoms with van der Waals surface area (Å²) in [6.45, 7) is 2.89. The summed E-state index contributed by atoms with van der Waals surface area (Å²) >= 11 is 0. The van der Waals surface area contributed by atoms with E-state index >= 15 is 0 Å². The Kier molecular flexibility index (Phi) is 4.39. The molecule has 0 aromatic heterocycles. The molecule has 0 saturated heterocycles. The summed E-state index contributed by atoms with van der Waals surface area (Å²) in [4.78, 5) is 26.3. The number of carbonyl (C=O) groups is 2. The molecule has 0 radical (unpaired) electrons. The van der Waals surface area contributed by atoms with E-state index in [9.17, 15) is 9.59 Å². The standard InChI is InChI=1S/C18H25N3O2/c1-18(12-19,14-7-8-14)20-16(22)10-11-21-15-5-3-2-4-13(15)6-9-17(21)23/h2-5,14H,6-12,19H2,1H3,(H,20,22). The number of benzene rings is 1. The van der Waals surface area contributed by atoms with E-state index in [2.05, 4.69) is 5.32 Å². The molecule has 1 aliphatic carbocycles. The Hall–Kier alpha value is -1.88. The highest BCUT2D eigenvalue weighted by Gasteiger charge is 2.41. The summed E-state index contributed by atoms with van der Waals surface area (Å²) in [5.41, 5.74) is 7.66. The molecule has 1 heterocycles. The molecule has 1 aliphatic heterocycles. The van der Waals surface area contributed by atoms with E-state index in [0.717, 1.165) is 24.9 Å². The monoisotopic (exact) mass is 315 g/mol. The molecular weight excluding hydrogens is 290 g/mol. The Morgan fingerprint density at radius 2 is 2.09 bits per heavy atom. The SMILES string of the molecule is CC(CN)(NC(=O)CCN1C(=O)CCc2ccccc21)C1CC1. The van der Waals surface area contributed by atoms with Crippen molar-refractivity contribution in [3.8, 4) is 0 Å². The van der Waals surface area contributed by atoms with Gasteiger partial charge in [0.25, 0.3) is 0 Å². The van der Waals surface area contributed by atoms with Crippen LogP contribution in [0.2, 0.25) is 0 Å². The molecule has 2 aliphatic rings. The van der Waals surface area contributed by atoms with Crippen molar-refractivity contribution in [2.75, 3.05) is 18.0 Å². The van der Waals surface area contributed by atoms with Crippen LogP contribution in [0.1, 0.15) is 38.2 Å². The molecule has 0 bridgehead atoms. The molecule has 1 fully saturated rings. The molecule has 1 aromatic rings. The number of carbonyl (C=O) groups excluding carboxylic acids is 2. The Bertz CT molecular complexity index is 612. The molecule has 0 spiro atoms. The van der Waals surface area contributed by atoms with Gasteiger partial charge in [-0.15, -0.1) is 0 Å². The Morgan fingerprint density at radius 1 is 1.35 bits per heavy atom. The number of fused-ring (bicyclic) bond motifs is 1. The molecule has 1 unspecified atom stereocenters. The summed E-state index contributed by atoms with van der Waals surface area (Å²) in [7, 11) is 0. The van der Waals surface area contributed by atoms with Gasteiger partial charge in [0.2, 0.25) is 11.8 Å².